The number of hydrogen-bond acceptors (Lipinski definition) is 2. The fraction of sp³-hybridized carbons (Fsp3) is 1.00. The first-order chi connectivity index (χ1) is 4.70. The minimum atomic E-state index is -0.0926. The van der Waals surface area contributed by atoms with E-state index in [9.17, 15) is 0 Å². The molecule has 10 heavy (non-hydrogen) atoms. The van der Waals surface area contributed by atoms with Gasteiger partial charge >= 0.3 is 0 Å². The van der Waals surface area contributed by atoms with Crippen LogP contribution in [-0.2, 0) is 9.47 Å². The van der Waals surface area contributed by atoms with Gasteiger partial charge in [0.2, 0.25) is 0 Å². The van der Waals surface area contributed by atoms with E-state index in [-0.39, 0.29) is 12.4 Å². The lowest BCUT2D eigenvalue weighted by molar-refractivity contribution is -0.144. The largest absolute Gasteiger partial charge is 0.352 e. The van der Waals surface area contributed by atoms with Gasteiger partial charge in [-0.2, -0.15) is 0 Å². The van der Waals surface area contributed by atoms with E-state index in [0.29, 0.717) is 6.61 Å². The molecule has 0 aliphatic rings. The third-order valence-electron chi connectivity index (χ3n) is 0.902. The Balaban J connectivity index is 3.39. The van der Waals surface area contributed by atoms with Gasteiger partial charge in [-0.15, -0.1) is 0 Å². The summed E-state index contributed by atoms with van der Waals surface area (Å²) < 4.78 is 10.6. The predicted octanol–water partition coefficient (Wildman–Crippen LogP) is 2.17. The first-order valence-corrected chi connectivity index (χ1v) is 4.65. The van der Waals surface area contributed by atoms with Gasteiger partial charge in [0.05, 0.1) is 11.4 Å². The van der Waals surface area contributed by atoms with Gasteiger partial charge in [-0.05, 0) is 20.8 Å². The van der Waals surface area contributed by atoms with E-state index >= 15 is 0 Å². The Bertz CT molecular complexity index is 76.0. The summed E-state index contributed by atoms with van der Waals surface area (Å²) in [5, 5.41) is 0.735. The molecule has 0 rings (SSSR count). The Morgan fingerprint density at radius 3 is 2.30 bits per heavy atom. The second-order valence-corrected chi connectivity index (χ2v) is 2.87. The van der Waals surface area contributed by atoms with Crippen LogP contribution in [0.5, 0.6) is 0 Å². The number of hydrogen-bond donors (Lipinski definition) is 0. The second kappa shape index (κ2) is 6.13. The highest BCUT2D eigenvalue weighted by atomic mass is 79.9. The van der Waals surface area contributed by atoms with Gasteiger partial charge in [-0.25, -0.2) is 0 Å². The molecule has 1 atom stereocenters. The van der Waals surface area contributed by atoms with Gasteiger partial charge in [0.25, 0.3) is 0 Å². The van der Waals surface area contributed by atoms with Crippen molar-refractivity contribution in [2.45, 2.75) is 33.2 Å². The summed E-state index contributed by atoms with van der Waals surface area (Å²) in [6.45, 7) is 6.64. The Hall–Kier alpha value is 0.400. The predicted molar refractivity (Wildman–Crippen MR) is 45.4 cm³/mol. The molecule has 1 unspecified atom stereocenters. The highest BCUT2D eigenvalue weighted by Crippen LogP contribution is 2.02. The van der Waals surface area contributed by atoms with Crippen LogP contribution in [0, 0.1) is 0 Å². The van der Waals surface area contributed by atoms with E-state index in [0.717, 1.165) is 5.33 Å². The van der Waals surface area contributed by atoms with E-state index in [1.165, 1.54) is 0 Å². The summed E-state index contributed by atoms with van der Waals surface area (Å²) in [5.41, 5.74) is 0. The van der Waals surface area contributed by atoms with E-state index in [2.05, 4.69) is 15.9 Å². The Labute approximate surface area is 71.0 Å². The topological polar surface area (TPSA) is 18.5 Å². The molecule has 0 saturated carbocycles. The summed E-state index contributed by atoms with van der Waals surface area (Å²) in [4.78, 5) is 0. The van der Waals surface area contributed by atoms with E-state index < -0.39 is 0 Å². The quantitative estimate of drug-likeness (QED) is 0.512. The van der Waals surface area contributed by atoms with Crippen molar-refractivity contribution in [1.29, 1.82) is 0 Å². The average molecular weight is 211 g/mol. The Morgan fingerprint density at radius 2 is 2.00 bits per heavy atom. The van der Waals surface area contributed by atoms with Crippen molar-refractivity contribution >= 4 is 15.9 Å². The van der Waals surface area contributed by atoms with E-state index in [4.69, 9.17) is 9.47 Å². The van der Waals surface area contributed by atoms with Crippen LogP contribution in [0.15, 0.2) is 0 Å². The third kappa shape index (κ3) is 5.21. The van der Waals surface area contributed by atoms with Crippen LogP contribution in [0.25, 0.3) is 0 Å². The lowest BCUT2D eigenvalue weighted by Crippen LogP contribution is -2.22. The molecule has 0 aromatic carbocycles. The van der Waals surface area contributed by atoms with Crippen LogP contribution in [-0.4, -0.2) is 24.3 Å². The fourth-order valence-electron chi connectivity index (χ4n) is 0.610. The highest BCUT2D eigenvalue weighted by molar-refractivity contribution is 9.09. The number of rotatable bonds is 5. The highest BCUT2D eigenvalue weighted by Gasteiger charge is 2.07. The molecule has 0 saturated heterocycles. The molecule has 0 N–H and O–H groups in total. The van der Waals surface area contributed by atoms with Gasteiger partial charge < -0.3 is 9.47 Å². The van der Waals surface area contributed by atoms with Crippen molar-refractivity contribution in [1.82, 2.24) is 0 Å². The molecule has 0 radical (unpaired) electrons. The smallest absolute Gasteiger partial charge is 0.167 e. The summed E-state index contributed by atoms with van der Waals surface area (Å²) in [5.74, 6) is 0. The minimum Gasteiger partial charge on any atom is -0.352 e. The zero-order valence-electron chi connectivity index (χ0n) is 6.76. The second-order valence-electron chi connectivity index (χ2n) is 2.22. The third-order valence-corrected chi connectivity index (χ3v) is 1.43. The molecular weight excluding hydrogens is 196 g/mol. The van der Waals surface area contributed by atoms with Crippen molar-refractivity contribution in [2.75, 3.05) is 11.9 Å². The van der Waals surface area contributed by atoms with Crippen LogP contribution in [0.3, 0.4) is 0 Å². The summed E-state index contributed by atoms with van der Waals surface area (Å²) in [6.07, 6.45) is 0.138. The average Bonchev–Trinajstić information content (AvgIpc) is 1.86. The van der Waals surface area contributed by atoms with Gasteiger partial charge in [0.1, 0.15) is 0 Å². The minimum absolute atomic E-state index is 0.0926. The molecule has 62 valence electrons. The maximum absolute atomic E-state index is 5.37. The number of alkyl halides is 1. The monoisotopic (exact) mass is 210 g/mol. The first-order valence-electron chi connectivity index (χ1n) is 3.53. The SMILES string of the molecule is CCOC(CBr)OC(C)C. The van der Waals surface area contributed by atoms with Crippen molar-refractivity contribution in [3.05, 3.63) is 0 Å². The maximum Gasteiger partial charge on any atom is 0.167 e. The molecule has 0 bridgehead atoms. The number of ether oxygens (including phenoxy) is 2. The molecule has 0 heterocycles. The van der Waals surface area contributed by atoms with Crippen molar-refractivity contribution < 1.29 is 9.47 Å². The summed E-state index contributed by atoms with van der Waals surface area (Å²) in [6, 6.07) is 0. The van der Waals surface area contributed by atoms with Gasteiger partial charge in [-0.1, -0.05) is 15.9 Å². The van der Waals surface area contributed by atoms with Gasteiger partial charge in [-0.3, -0.25) is 0 Å². The molecule has 0 fully saturated rings. The van der Waals surface area contributed by atoms with Crippen LogP contribution >= 0.6 is 15.9 Å². The number of halogens is 1. The van der Waals surface area contributed by atoms with Crippen molar-refractivity contribution in [3.63, 3.8) is 0 Å². The van der Waals surface area contributed by atoms with E-state index in [1.54, 1.807) is 0 Å². The van der Waals surface area contributed by atoms with Crippen LogP contribution in [0.1, 0.15) is 20.8 Å². The van der Waals surface area contributed by atoms with E-state index in [1.807, 2.05) is 20.8 Å². The molecule has 0 aromatic rings. The zero-order valence-corrected chi connectivity index (χ0v) is 8.35. The van der Waals surface area contributed by atoms with Crippen molar-refractivity contribution in [2.24, 2.45) is 0 Å². The van der Waals surface area contributed by atoms with Crippen molar-refractivity contribution in [3.8, 4) is 0 Å². The lowest BCUT2D eigenvalue weighted by atomic mass is 10.5. The Kier molecular flexibility index (Phi) is 6.38. The fourth-order valence-corrected chi connectivity index (χ4v) is 0.949. The lowest BCUT2D eigenvalue weighted by Gasteiger charge is -2.17. The normalized spacial score (nSPS) is 14.1. The van der Waals surface area contributed by atoms with Crippen LogP contribution in [0.4, 0.5) is 0 Å². The standard InChI is InChI=1S/C7H15BrO2/c1-4-9-7(5-8)10-6(2)3/h6-7H,4-5H2,1-3H3. The van der Waals surface area contributed by atoms with Gasteiger partial charge in [0.15, 0.2) is 6.29 Å². The molecule has 0 aliphatic carbocycles. The molecule has 3 heteroatoms. The summed E-state index contributed by atoms with van der Waals surface area (Å²) >= 11 is 3.30. The molecule has 0 amide bonds. The molecule has 0 spiro atoms. The molecule has 0 aliphatic heterocycles. The zero-order chi connectivity index (χ0) is 7.98. The van der Waals surface area contributed by atoms with Gasteiger partial charge in [0, 0.05) is 6.61 Å². The summed E-state index contributed by atoms with van der Waals surface area (Å²) in [7, 11) is 0. The molecule has 2 nitrogen and oxygen atoms in total. The molecular formula is C7H15BrO2. The maximum atomic E-state index is 5.37. The van der Waals surface area contributed by atoms with Crippen LogP contribution in [0.2, 0.25) is 0 Å². The van der Waals surface area contributed by atoms with Crippen LogP contribution < -0.4 is 0 Å². The first kappa shape index (κ1) is 10.4. The molecule has 0 aromatic heterocycles. The Morgan fingerprint density at radius 1 is 1.40 bits per heavy atom.